The number of fused-ring (bicyclic) bond motifs is 1. The molecule has 1 atom stereocenters. The molecule has 1 aromatic carbocycles. The fourth-order valence-corrected chi connectivity index (χ4v) is 4.82. The zero-order valence-corrected chi connectivity index (χ0v) is 16.2. The number of hydrogen-bond donors (Lipinski definition) is 0. The summed E-state index contributed by atoms with van der Waals surface area (Å²) in [6.45, 7) is 3.34. The Morgan fingerprint density at radius 2 is 2.00 bits per heavy atom. The van der Waals surface area contributed by atoms with Crippen molar-refractivity contribution in [3.63, 3.8) is 0 Å². The van der Waals surface area contributed by atoms with E-state index in [0.717, 1.165) is 10.7 Å². The zero-order valence-electron chi connectivity index (χ0n) is 15.4. The largest absolute Gasteiger partial charge is 0.331 e. The Bertz CT molecular complexity index is 1020. The van der Waals surface area contributed by atoms with E-state index in [1.54, 1.807) is 0 Å². The molecular formula is C20H21N5OS. The van der Waals surface area contributed by atoms with E-state index in [1.807, 2.05) is 28.9 Å². The molecule has 1 amide bonds. The first-order valence-electron chi connectivity index (χ1n) is 9.31. The standard InChI is InChI=1S/C20H21N5OS/c1-12-16(9-21-24(12)2)17-11-25(10-14-5-3-4-6-15(14)17)20(26)19-23-22-18(27-19)13-7-8-13/h3-6,9,13,17H,7-8,10-11H2,1-2H3. The van der Waals surface area contributed by atoms with Crippen molar-refractivity contribution >= 4 is 17.2 Å². The van der Waals surface area contributed by atoms with Gasteiger partial charge in [0.25, 0.3) is 5.91 Å². The topological polar surface area (TPSA) is 63.9 Å². The van der Waals surface area contributed by atoms with Gasteiger partial charge in [-0.1, -0.05) is 35.6 Å². The van der Waals surface area contributed by atoms with Crippen LogP contribution in [0.5, 0.6) is 0 Å². The van der Waals surface area contributed by atoms with Crippen molar-refractivity contribution in [2.24, 2.45) is 7.05 Å². The summed E-state index contributed by atoms with van der Waals surface area (Å²) in [6, 6.07) is 8.39. The normalized spacial score (nSPS) is 19.2. The molecule has 0 radical (unpaired) electrons. The number of hydrogen-bond acceptors (Lipinski definition) is 5. The van der Waals surface area contributed by atoms with Crippen LogP contribution in [0.2, 0.25) is 0 Å². The van der Waals surface area contributed by atoms with Crippen molar-refractivity contribution in [3.8, 4) is 0 Å². The molecule has 6 nitrogen and oxygen atoms in total. The highest BCUT2D eigenvalue weighted by Crippen LogP contribution is 2.41. The third-order valence-electron chi connectivity index (χ3n) is 5.68. The summed E-state index contributed by atoms with van der Waals surface area (Å²) in [6.07, 6.45) is 4.27. The Morgan fingerprint density at radius 3 is 2.74 bits per heavy atom. The maximum Gasteiger partial charge on any atom is 0.285 e. The second-order valence-electron chi connectivity index (χ2n) is 7.47. The van der Waals surface area contributed by atoms with E-state index in [0.29, 0.717) is 24.0 Å². The van der Waals surface area contributed by atoms with Gasteiger partial charge in [-0.2, -0.15) is 5.10 Å². The van der Waals surface area contributed by atoms with Crippen molar-refractivity contribution in [1.29, 1.82) is 0 Å². The molecule has 27 heavy (non-hydrogen) atoms. The van der Waals surface area contributed by atoms with Gasteiger partial charge in [0.1, 0.15) is 5.01 Å². The Balaban J connectivity index is 1.49. The van der Waals surface area contributed by atoms with Gasteiger partial charge in [-0.3, -0.25) is 9.48 Å². The van der Waals surface area contributed by atoms with Crippen LogP contribution in [0, 0.1) is 6.92 Å². The van der Waals surface area contributed by atoms with E-state index in [-0.39, 0.29) is 11.8 Å². The molecule has 2 aliphatic rings. The van der Waals surface area contributed by atoms with Crippen molar-refractivity contribution in [2.75, 3.05) is 6.54 Å². The molecule has 0 N–H and O–H groups in total. The summed E-state index contributed by atoms with van der Waals surface area (Å²) in [7, 11) is 1.96. The van der Waals surface area contributed by atoms with Crippen LogP contribution in [-0.4, -0.2) is 37.3 Å². The van der Waals surface area contributed by atoms with Crippen molar-refractivity contribution in [3.05, 3.63) is 62.9 Å². The van der Waals surface area contributed by atoms with Crippen LogP contribution >= 0.6 is 11.3 Å². The third-order valence-corrected chi connectivity index (χ3v) is 6.75. The lowest BCUT2D eigenvalue weighted by Gasteiger charge is -2.34. The first kappa shape index (κ1) is 16.6. The van der Waals surface area contributed by atoms with E-state index >= 15 is 0 Å². The molecule has 3 heterocycles. The summed E-state index contributed by atoms with van der Waals surface area (Å²) < 4.78 is 1.89. The lowest BCUT2D eigenvalue weighted by Crippen LogP contribution is -2.38. The highest BCUT2D eigenvalue weighted by molar-refractivity contribution is 7.13. The van der Waals surface area contributed by atoms with Gasteiger partial charge in [0.15, 0.2) is 0 Å². The van der Waals surface area contributed by atoms with Crippen LogP contribution in [0.4, 0.5) is 0 Å². The lowest BCUT2D eigenvalue weighted by atomic mass is 9.85. The second-order valence-corrected chi connectivity index (χ2v) is 8.47. The molecule has 7 heteroatoms. The summed E-state index contributed by atoms with van der Waals surface area (Å²) in [5, 5.41) is 14.4. The van der Waals surface area contributed by atoms with E-state index in [4.69, 9.17) is 0 Å². The van der Waals surface area contributed by atoms with Gasteiger partial charge in [0.2, 0.25) is 5.01 Å². The minimum absolute atomic E-state index is 0.0135. The monoisotopic (exact) mass is 379 g/mol. The molecule has 3 aromatic rings. The average molecular weight is 379 g/mol. The molecule has 5 rings (SSSR count). The van der Waals surface area contributed by atoms with Crippen molar-refractivity contribution in [2.45, 2.75) is 38.1 Å². The van der Waals surface area contributed by atoms with Crippen molar-refractivity contribution in [1.82, 2.24) is 24.9 Å². The Hall–Kier alpha value is -2.54. The predicted molar refractivity (Wildman–Crippen MR) is 103 cm³/mol. The minimum Gasteiger partial charge on any atom is -0.331 e. The van der Waals surface area contributed by atoms with Gasteiger partial charge < -0.3 is 4.90 Å². The van der Waals surface area contributed by atoms with Gasteiger partial charge in [-0.15, -0.1) is 10.2 Å². The minimum atomic E-state index is -0.0135. The van der Waals surface area contributed by atoms with Gasteiger partial charge >= 0.3 is 0 Å². The van der Waals surface area contributed by atoms with Gasteiger partial charge in [0, 0.05) is 43.2 Å². The Labute approximate surface area is 161 Å². The summed E-state index contributed by atoms with van der Waals surface area (Å²) >= 11 is 1.46. The molecule has 1 aliphatic carbocycles. The maximum atomic E-state index is 13.1. The number of aromatic nitrogens is 4. The van der Waals surface area contributed by atoms with Crippen molar-refractivity contribution < 1.29 is 4.79 Å². The number of nitrogens with zero attached hydrogens (tertiary/aromatic N) is 5. The lowest BCUT2D eigenvalue weighted by molar-refractivity contribution is 0.0723. The fourth-order valence-electron chi connectivity index (χ4n) is 3.84. The molecule has 1 aliphatic heterocycles. The van der Waals surface area contributed by atoms with Crippen LogP contribution in [-0.2, 0) is 13.6 Å². The number of benzene rings is 1. The third kappa shape index (κ3) is 2.86. The number of carbonyl (C=O) groups excluding carboxylic acids is 1. The summed E-state index contributed by atoms with van der Waals surface area (Å²) in [4.78, 5) is 15.1. The fraction of sp³-hybridized carbons (Fsp3) is 0.400. The van der Waals surface area contributed by atoms with Gasteiger partial charge in [-0.05, 0) is 30.9 Å². The highest BCUT2D eigenvalue weighted by atomic mass is 32.1. The van der Waals surface area contributed by atoms with E-state index < -0.39 is 0 Å². The molecule has 1 unspecified atom stereocenters. The molecule has 0 spiro atoms. The van der Waals surface area contributed by atoms with Crippen LogP contribution in [0.15, 0.2) is 30.5 Å². The quantitative estimate of drug-likeness (QED) is 0.701. The predicted octanol–water partition coefficient (Wildman–Crippen LogP) is 3.25. The first-order chi connectivity index (χ1) is 13.1. The molecule has 1 fully saturated rings. The molecule has 0 saturated heterocycles. The number of amides is 1. The summed E-state index contributed by atoms with van der Waals surface area (Å²) in [5.41, 5.74) is 4.79. The Morgan fingerprint density at radius 1 is 1.19 bits per heavy atom. The maximum absolute atomic E-state index is 13.1. The number of carbonyl (C=O) groups is 1. The second kappa shape index (κ2) is 6.27. The zero-order chi connectivity index (χ0) is 18.5. The summed E-state index contributed by atoms with van der Waals surface area (Å²) in [5.74, 6) is 0.640. The molecule has 0 bridgehead atoms. The van der Waals surface area contributed by atoms with Crippen LogP contribution in [0.3, 0.4) is 0 Å². The average Bonchev–Trinajstić information content (AvgIpc) is 3.33. The van der Waals surface area contributed by atoms with E-state index in [2.05, 4.69) is 40.4 Å². The molecule has 2 aromatic heterocycles. The SMILES string of the molecule is Cc1c(C2CN(C(=O)c3nnc(C4CC4)s3)Cc3ccccc32)cnn1C. The molecule has 1 saturated carbocycles. The van der Waals surface area contributed by atoms with Crippen LogP contribution < -0.4 is 0 Å². The number of rotatable bonds is 3. The smallest absolute Gasteiger partial charge is 0.285 e. The Kier molecular flexibility index (Phi) is 3.86. The molecular weight excluding hydrogens is 358 g/mol. The van der Waals surface area contributed by atoms with Gasteiger partial charge in [-0.25, -0.2) is 0 Å². The van der Waals surface area contributed by atoms with Crippen LogP contribution in [0.1, 0.15) is 61.9 Å². The number of aryl methyl sites for hydroxylation is 1. The van der Waals surface area contributed by atoms with E-state index in [1.165, 1.54) is 40.9 Å². The van der Waals surface area contributed by atoms with Crippen LogP contribution in [0.25, 0.3) is 0 Å². The highest BCUT2D eigenvalue weighted by Gasteiger charge is 2.34. The van der Waals surface area contributed by atoms with Gasteiger partial charge in [0.05, 0.1) is 6.20 Å². The first-order valence-corrected chi connectivity index (χ1v) is 10.1. The van der Waals surface area contributed by atoms with E-state index in [9.17, 15) is 4.79 Å². The molecule has 138 valence electrons.